The van der Waals surface area contributed by atoms with Crippen LogP contribution < -0.4 is 10.1 Å². The predicted molar refractivity (Wildman–Crippen MR) is 89.4 cm³/mol. The van der Waals surface area contributed by atoms with Crippen molar-refractivity contribution in [3.05, 3.63) is 51.2 Å². The highest BCUT2D eigenvalue weighted by atomic mass is 35.5. The molecular formula is C15H13Cl3N2O2. The topological polar surface area (TPSA) is 51.2 Å². The van der Waals surface area contributed by atoms with Gasteiger partial charge in [0.05, 0.1) is 17.3 Å². The summed E-state index contributed by atoms with van der Waals surface area (Å²) in [5, 5.41) is 3.56. The quantitative estimate of drug-likeness (QED) is 0.757. The Bertz CT molecular complexity index is 692. The van der Waals surface area contributed by atoms with Crippen LogP contribution in [0.15, 0.2) is 30.3 Å². The molecule has 2 rings (SSSR count). The highest BCUT2D eigenvalue weighted by Gasteiger charge is 2.15. The third-order valence-corrected chi connectivity index (χ3v) is 3.43. The number of aromatic nitrogens is 1. The van der Waals surface area contributed by atoms with E-state index in [0.717, 1.165) is 6.42 Å². The molecule has 0 radical (unpaired) electrons. The molecule has 1 aromatic carbocycles. The van der Waals surface area contributed by atoms with Gasteiger partial charge in [-0.25, -0.2) is 4.98 Å². The first-order valence-electron chi connectivity index (χ1n) is 6.57. The Morgan fingerprint density at radius 3 is 2.73 bits per heavy atom. The lowest BCUT2D eigenvalue weighted by molar-refractivity contribution is 0.102. The average molecular weight is 360 g/mol. The van der Waals surface area contributed by atoms with Gasteiger partial charge in [0.25, 0.3) is 5.91 Å². The standard InChI is InChI=1S/C15H13Cl3N2O2/c1-2-7-22-12-5-3-9(16)8-11(12)19-15(21)14-10(17)4-6-13(18)20-14/h3-6,8H,2,7H2,1H3,(H,19,21). The van der Waals surface area contributed by atoms with Gasteiger partial charge in [-0.2, -0.15) is 0 Å². The Hall–Kier alpha value is -1.49. The van der Waals surface area contributed by atoms with E-state index in [0.29, 0.717) is 23.1 Å². The van der Waals surface area contributed by atoms with Gasteiger partial charge < -0.3 is 10.1 Å². The van der Waals surface area contributed by atoms with Crippen LogP contribution >= 0.6 is 34.8 Å². The monoisotopic (exact) mass is 358 g/mol. The molecule has 0 unspecified atom stereocenters. The number of benzene rings is 1. The van der Waals surface area contributed by atoms with Gasteiger partial charge in [0, 0.05) is 5.02 Å². The van der Waals surface area contributed by atoms with Gasteiger partial charge in [-0.05, 0) is 36.8 Å². The first kappa shape index (κ1) is 16.9. The maximum atomic E-state index is 12.3. The molecule has 1 N–H and O–H groups in total. The Kier molecular flexibility index (Phi) is 5.89. The number of carbonyl (C=O) groups is 1. The van der Waals surface area contributed by atoms with Gasteiger partial charge in [0.2, 0.25) is 0 Å². The van der Waals surface area contributed by atoms with Crippen LogP contribution in [-0.4, -0.2) is 17.5 Å². The third kappa shape index (κ3) is 4.26. The molecule has 0 spiro atoms. The van der Waals surface area contributed by atoms with Crippen molar-refractivity contribution in [2.75, 3.05) is 11.9 Å². The molecule has 7 heteroatoms. The minimum Gasteiger partial charge on any atom is -0.491 e. The van der Waals surface area contributed by atoms with Crippen LogP contribution in [0, 0.1) is 0 Å². The number of hydrogen-bond donors (Lipinski definition) is 1. The van der Waals surface area contributed by atoms with Crippen molar-refractivity contribution in [1.29, 1.82) is 0 Å². The molecule has 4 nitrogen and oxygen atoms in total. The lowest BCUT2D eigenvalue weighted by Gasteiger charge is -2.12. The summed E-state index contributed by atoms with van der Waals surface area (Å²) in [5.41, 5.74) is 0.486. The van der Waals surface area contributed by atoms with Crippen LogP contribution in [-0.2, 0) is 0 Å². The van der Waals surface area contributed by atoms with Crippen LogP contribution in [0.2, 0.25) is 15.2 Å². The van der Waals surface area contributed by atoms with Crippen molar-refractivity contribution in [1.82, 2.24) is 4.98 Å². The van der Waals surface area contributed by atoms with Gasteiger partial charge in [0.15, 0.2) is 0 Å². The Morgan fingerprint density at radius 1 is 1.23 bits per heavy atom. The second-order valence-electron chi connectivity index (χ2n) is 4.41. The maximum absolute atomic E-state index is 12.3. The molecule has 1 aromatic heterocycles. The summed E-state index contributed by atoms with van der Waals surface area (Å²) in [6, 6.07) is 8.00. The van der Waals surface area contributed by atoms with E-state index in [1.54, 1.807) is 18.2 Å². The SMILES string of the molecule is CCCOc1ccc(Cl)cc1NC(=O)c1nc(Cl)ccc1Cl. The molecule has 0 aliphatic rings. The first-order valence-corrected chi connectivity index (χ1v) is 7.70. The van der Waals surface area contributed by atoms with Crippen molar-refractivity contribution in [2.45, 2.75) is 13.3 Å². The average Bonchev–Trinajstić information content (AvgIpc) is 2.49. The molecule has 0 saturated heterocycles. The van der Waals surface area contributed by atoms with E-state index in [1.165, 1.54) is 12.1 Å². The van der Waals surface area contributed by atoms with Gasteiger partial charge in [0.1, 0.15) is 16.6 Å². The summed E-state index contributed by atoms with van der Waals surface area (Å²) < 4.78 is 5.58. The number of amides is 1. The molecule has 116 valence electrons. The van der Waals surface area contributed by atoms with E-state index in [1.807, 2.05) is 6.92 Å². The number of ether oxygens (including phenoxy) is 1. The number of rotatable bonds is 5. The maximum Gasteiger partial charge on any atom is 0.275 e. The highest BCUT2D eigenvalue weighted by molar-refractivity contribution is 6.35. The minimum atomic E-state index is -0.490. The molecule has 2 aromatic rings. The molecule has 1 amide bonds. The van der Waals surface area contributed by atoms with Gasteiger partial charge >= 0.3 is 0 Å². The van der Waals surface area contributed by atoms with Crippen molar-refractivity contribution in [2.24, 2.45) is 0 Å². The van der Waals surface area contributed by atoms with Crippen LogP contribution in [0.5, 0.6) is 5.75 Å². The lowest BCUT2D eigenvalue weighted by atomic mass is 10.2. The van der Waals surface area contributed by atoms with Crippen LogP contribution in [0.1, 0.15) is 23.8 Å². The molecular weight excluding hydrogens is 347 g/mol. The Labute approximate surface area is 143 Å². The third-order valence-electron chi connectivity index (χ3n) is 2.68. The van der Waals surface area contributed by atoms with Crippen LogP contribution in [0.3, 0.4) is 0 Å². The summed E-state index contributed by atoms with van der Waals surface area (Å²) in [5.74, 6) is 0.0360. The number of hydrogen-bond acceptors (Lipinski definition) is 3. The van der Waals surface area contributed by atoms with Crippen LogP contribution in [0.4, 0.5) is 5.69 Å². The first-order chi connectivity index (χ1) is 10.5. The van der Waals surface area contributed by atoms with E-state index >= 15 is 0 Å². The predicted octanol–water partition coefficient (Wildman–Crippen LogP) is 5.08. The fourth-order valence-electron chi connectivity index (χ4n) is 1.70. The van der Waals surface area contributed by atoms with Crippen molar-refractivity contribution in [3.8, 4) is 5.75 Å². The number of nitrogens with one attached hydrogen (secondary N) is 1. The van der Waals surface area contributed by atoms with Crippen molar-refractivity contribution >= 4 is 46.4 Å². The molecule has 0 fully saturated rings. The second kappa shape index (κ2) is 7.68. The van der Waals surface area contributed by atoms with Crippen molar-refractivity contribution < 1.29 is 9.53 Å². The van der Waals surface area contributed by atoms with Crippen LogP contribution in [0.25, 0.3) is 0 Å². The Balaban J connectivity index is 2.27. The number of halogens is 3. The normalized spacial score (nSPS) is 10.4. The number of anilines is 1. The number of carbonyl (C=O) groups excluding carboxylic acids is 1. The van der Waals surface area contributed by atoms with Gasteiger partial charge in [-0.15, -0.1) is 0 Å². The van der Waals surface area contributed by atoms with Gasteiger partial charge in [-0.3, -0.25) is 4.79 Å². The lowest BCUT2D eigenvalue weighted by Crippen LogP contribution is -2.15. The summed E-state index contributed by atoms with van der Waals surface area (Å²) in [6.45, 7) is 2.52. The summed E-state index contributed by atoms with van der Waals surface area (Å²) in [4.78, 5) is 16.2. The van der Waals surface area contributed by atoms with E-state index in [2.05, 4.69) is 10.3 Å². The Morgan fingerprint density at radius 2 is 2.00 bits per heavy atom. The number of nitrogens with zero attached hydrogens (tertiary/aromatic N) is 1. The molecule has 1 heterocycles. The second-order valence-corrected chi connectivity index (χ2v) is 5.64. The van der Waals surface area contributed by atoms with Gasteiger partial charge in [-0.1, -0.05) is 41.7 Å². The molecule has 0 saturated carbocycles. The highest BCUT2D eigenvalue weighted by Crippen LogP contribution is 2.29. The molecule has 0 aliphatic heterocycles. The largest absolute Gasteiger partial charge is 0.491 e. The molecule has 0 bridgehead atoms. The summed E-state index contributed by atoms with van der Waals surface area (Å²) in [6.07, 6.45) is 0.845. The smallest absolute Gasteiger partial charge is 0.275 e. The fraction of sp³-hybridized carbons (Fsp3) is 0.200. The summed E-state index contributed by atoms with van der Waals surface area (Å²) >= 11 is 17.7. The zero-order valence-corrected chi connectivity index (χ0v) is 14.0. The zero-order valence-electron chi connectivity index (χ0n) is 11.7. The van der Waals surface area contributed by atoms with E-state index < -0.39 is 5.91 Å². The number of pyridine rings is 1. The molecule has 0 atom stereocenters. The molecule has 0 aliphatic carbocycles. The zero-order chi connectivity index (χ0) is 16.1. The minimum absolute atomic E-state index is 0.0376. The summed E-state index contributed by atoms with van der Waals surface area (Å²) in [7, 11) is 0. The van der Waals surface area contributed by atoms with E-state index in [9.17, 15) is 4.79 Å². The fourth-order valence-corrected chi connectivity index (χ4v) is 2.21. The van der Waals surface area contributed by atoms with Crippen molar-refractivity contribution in [3.63, 3.8) is 0 Å². The molecule has 22 heavy (non-hydrogen) atoms. The van der Waals surface area contributed by atoms with E-state index in [-0.39, 0.29) is 15.9 Å². The van der Waals surface area contributed by atoms with E-state index in [4.69, 9.17) is 39.5 Å².